The maximum absolute atomic E-state index is 12.4. The molecule has 3 heterocycles. The first-order valence-electron chi connectivity index (χ1n) is 14.0. The largest absolute Gasteiger partial charge is 0.462 e. The van der Waals surface area contributed by atoms with E-state index in [1.807, 2.05) is 14.1 Å². The van der Waals surface area contributed by atoms with Crippen molar-refractivity contribution < 1.29 is 9.53 Å². The van der Waals surface area contributed by atoms with Crippen molar-refractivity contribution in [1.29, 1.82) is 5.26 Å². The van der Waals surface area contributed by atoms with E-state index >= 15 is 0 Å². The normalized spacial score (nSPS) is 20.4. The molecule has 1 unspecified atom stereocenters. The summed E-state index contributed by atoms with van der Waals surface area (Å²) in [5.74, 6) is 0.764. The van der Waals surface area contributed by atoms with Gasteiger partial charge in [0, 0.05) is 56.4 Å². The maximum atomic E-state index is 12.4. The average molecular weight is 530 g/mol. The summed E-state index contributed by atoms with van der Waals surface area (Å²) in [5, 5.41) is 9.46. The number of hydrogen-bond acceptors (Lipinski definition) is 8. The molecule has 206 valence electrons. The van der Waals surface area contributed by atoms with E-state index < -0.39 is 0 Å². The molecule has 0 saturated carbocycles. The number of carbonyl (C=O) groups is 1. The van der Waals surface area contributed by atoms with E-state index in [0.29, 0.717) is 38.3 Å². The fraction of sp³-hybridized carbons (Fsp3) is 0.533. The minimum Gasteiger partial charge on any atom is -0.462 e. The molecule has 2 aromatic rings. The summed E-state index contributed by atoms with van der Waals surface area (Å²) in [6, 6.07) is 9.63. The van der Waals surface area contributed by atoms with Crippen LogP contribution in [0.3, 0.4) is 0 Å². The number of aromatic nitrogens is 2. The summed E-state index contributed by atoms with van der Waals surface area (Å²) in [7, 11) is 4.03. The topological polar surface area (TPSA) is 88.8 Å². The molecule has 9 heteroatoms. The molecule has 1 aromatic heterocycles. The number of benzene rings is 1. The van der Waals surface area contributed by atoms with E-state index in [4.69, 9.17) is 14.7 Å². The number of rotatable bonds is 8. The van der Waals surface area contributed by atoms with Gasteiger partial charge in [0.15, 0.2) is 0 Å². The number of likely N-dealkylation sites (N-methyl/N-ethyl adjacent to an activating group) is 1. The highest BCUT2D eigenvalue weighted by Gasteiger charge is 2.35. The number of ether oxygens (including phenoxy) is 1. The van der Waals surface area contributed by atoms with Crippen LogP contribution in [0, 0.1) is 18.3 Å². The van der Waals surface area contributed by atoms with E-state index in [1.165, 1.54) is 28.5 Å². The molecule has 1 aromatic carbocycles. The summed E-state index contributed by atoms with van der Waals surface area (Å²) in [4.78, 5) is 30.9. The second-order valence-corrected chi connectivity index (χ2v) is 11.1. The zero-order valence-electron chi connectivity index (χ0n) is 23.4. The average Bonchev–Trinajstić information content (AvgIpc) is 3.35. The summed E-state index contributed by atoms with van der Waals surface area (Å²) in [6.07, 6.45) is 5.46. The third-order valence-electron chi connectivity index (χ3n) is 8.15. The number of nitriles is 1. The third kappa shape index (κ3) is 5.71. The molecule has 1 saturated heterocycles. The van der Waals surface area contributed by atoms with Crippen LogP contribution < -0.4 is 14.5 Å². The van der Waals surface area contributed by atoms with Gasteiger partial charge < -0.3 is 24.3 Å². The minimum atomic E-state index is -0.209. The number of carbonyl (C=O) groups excluding carboxylic acids is 1. The monoisotopic (exact) mass is 529 g/mol. The maximum Gasteiger partial charge on any atom is 0.318 e. The van der Waals surface area contributed by atoms with Crippen molar-refractivity contribution in [3.8, 4) is 12.1 Å². The van der Waals surface area contributed by atoms with Crippen molar-refractivity contribution in [2.75, 3.05) is 63.2 Å². The molecular formula is C30H39N7O2. The lowest BCUT2D eigenvalue weighted by Crippen LogP contribution is -2.55. The fourth-order valence-electron chi connectivity index (χ4n) is 6.14. The first-order chi connectivity index (χ1) is 18.9. The number of anilines is 2. The van der Waals surface area contributed by atoms with Crippen LogP contribution in [0.4, 0.5) is 11.5 Å². The van der Waals surface area contributed by atoms with Crippen LogP contribution in [-0.2, 0) is 24.1 Å². The summed E-state index contributed by atoms with van der Waals surface area (Å²) < 4.78 is 6.06. The van der Waals surface area contributed by atoms with Crippen LogP contribution in [-0.4, -0.2) is 91.2 Å². The van der Waals surface area contributed by atoms with Gasteiger partial charge in [0.1, 0.15) is 12.4 Å². The summed E-state index contributed by atoms with van der Waals surface area (Å²) in [6.45, 7) is 9.84. The van der Waals surface area contributed by atoms with Crippen LogP contribution >= 0.6 is 0 Å². The van der Waals surface area contributed by atoms with Crippen molar-refractivity contribution in [2.24, 2.45) is 0 Å². The van der Waals surface area contributed by atoms with Crippen LogP contribution in [0.15, 0.2) is 30.9 Å². The number of fused-ring (bicyclic) bond motifs is 2. The van der Waals surface area contributed by atoms with Gasteiger partial charge >= 0.3 is 6.01 Å². The van der Waals surface area contributed by atoms with Gasteiger partial charge in [0.2, 0.25) is 5.91 Å². The first kappa shape index (κ1) is 26.9. The summed E-state index contributed by atoms with van der Waals surface area (Å²) in [5.41, 5.74) is 6.33. The predicted octanol–water partition coefficient (Wildman–Crippen LogP) is 2.76. The van der Waals surface area contributed by atoms with E-state index in [9.17, 15) is 10.1 Å². The standard InChI is InChI=1S/C30H39N7O2/c1-5-28(38)37-15-14-35(20-24(37)10-12-31)29-25-8-7-23(36-13-11-22-18-21(2)6-9-27(22)36)19-26(25)32-30(33-29)39-17-16-34(3)4/h5-6,9,18,23-24H,1,7-8,10-11,13-17,19-20H2,2-4H3/t23?,24-/m0/s1. The van der Waals surface area contributed by atoms with E-state index in [2.05, 4.69) is 52.5 Å². The number of aryl methyl sites for hydroxylation is 1. The Bertz CT molecular complexity index is 1270. The molecule has 3 aliphatic rings. The van der Waals surface area contributed by atoms with Gasteiger partial charge in [-0.1, -0.05) is 24.3 Å². The number of piperazine rings is 1. The van der Waals surface area contributed by atoms with Gasteiger partial charge in [0.25, 0.3) is 0 Å². The second kappa shape index (κ2) is 11.6. The number of amides is 1. The van der Waals surface area contributed by atoms with Crippen molar-refractivity contribution >= 4 is 17.4 Å². The Hall–Kier alpha value is -3.64. The lowest BCUT2D eigenvalue weighted by molar-refractivity contribution is -0.128. The van der Waals surface area contributed by atoms with Crippen LogP contribution in [0.2, 0.25) is 0 Å². The van der Waals surface area contributed by atoms with Crippen molar-refractivity contribution in [2.45, 2.75) is 51.1 Å². The molecule has 9 nitrogen and oxygen atoms in total. The molecule has 0 bridgehead atoms. The molecule has 1 amide bonds. The number of nitrogens with zero attached hydrogens (tertiary/aromatic N) is 7. The Morgan fingerprint density at radius 1 is 1.26 bits per heavy atom. The molecule has 0 spiro atoms. The molecule has 0 N–H and O–H groups in total. The van der Waals surface area contributed by atoms with Gasteiger partial charge in [-0.25, -0.2) is 0 Å². The van der Waals surface area contributed by atoms with Gasteiger partial charge in [-0.2, -0.15) is 15.2 Å². The SMILES string of the molecule is C=CC(=O)N1CCN(c2nc(OCCN(C)C)nc3c2CCC(N2CCc4cc(C)ccc42)C3)C[C@@H]1CC#N. The smallest absolute Gasteiger partial charge is 0.318 e. The Balaban J connectivity index is 1.43. The van der Waals surface area contributed by atoms with Gasteiger partial charge in [-0.05, 0) is 58.0 Å². The molecule has 1 fully saturated rings. The predicted molar refractivity (Wildman–Crippen MR) is 152 cm³/mol. The van der Waals surface area contributed by atoms with Crippen LogP contribution in [0.5, 0.6) is 6.01 Å². The van der Waals surface area contributed by atoms with Gasteiger partial charge in [0.05, 0.1) is 24.2 Å². The lowest BCUT2D eigenvalue weighted by atomic mass is 9.90. The van der Waals surface area contributed by atoms with E-state index in [0.717, 1.165) is 50.3 Å². The highest BCUT2D eigenvalue weighted by molar-refractivity contribution is 5.87. The molecule has 2 aliphatic heterocycles. The van der Waals surface area contributed by atoms with Crippen LogP contribution in [0.25, 0.3) is 0 Å². The number of hydrogen-bond donors (Lipinski definition) is 0. The Labute approximate surface area is 231 Å². The Morgan fingerprint density at radius 3 is 2.87 bits per heavy atom. The molecule has 39 heavy (non-hydrogen) atoms. The van der Waals surface area contributed by atoms with E-state index in [-0.39, 0.29) is 18.4 Å². The quantitative estimate of drug-likeness (QED) is 0.483. The molecule has 2 atom stereocenters. The lowest BCUT2D eigenvalue weighted by Gasteiger charge is -2.42. The molecule has 0 radical (unpaired) electrons. The molecule has 1 aliphatic carbocycles. The Morgan fingerprint density at radius 2 is 2.10 bits per heavy atom. The molecule has 5 rings (SSSR count). The second-order valence-electron chi connectivity index (χ2n) is 11.1. The zero-order chi connectivity index (χ0) is 27.5. The van der Waals surface area contributed by atoms with Crippen LogP contribution in [0.1, 0.15) is 35.2 Å². The summed E-state index contributed by atoms with van der Waals surface area (Å²) >= 11 is 0. The van der Waals surface area contributed by atoms with Crippen molar-refractivity contribution in [3.05, 3.63) is 53.2 Å². The highest BCUT2D eigenvalue weighted by atomic mass is 16.5. The zero-order valence-corrected chi connectivity index (χ0v) is 23.4. The third-order valence-corrected chi connectivity index (χ3v) is 8.15. The fourth-order valence-corrected chi connectivity index (χ4v) is 6.14. The van der Waals surface area contributed by atoms with Crippen molar-refractivity contribution in [1.82, 2.24) is 19.8 Å². The van der Waals surface area contributed by atoms with E-state index in [1.54, 1.807) is 4.90 Å². The highest BCUT2D eigenvalue weighted by Crippen LogP contribution is 2.37. The minimum absolute atomic E-state index is 0.128. The molecular weight excluding hydrogens is 490 g/mol. The Kier molecular flexibility index (Phi) is 8.03. The van der Waals surface area contributed by atoms with Gasteiger partial charge in [-0.15, -0.1) is 0 Å². The van der Waals surface area contributed by atoms with Crippen molar-refractivity contribution in [3.63, 3.8) is 0 Å². The van der Waals surface area contributed by atoms with Gasteiger partial charge in [-0.3, -0.25) is 4.79 Å². The first-order valence-corrected chi connectivity index (χ1v) is 14.0.